The lowest BCUT2D eigenvalue weighted by molar-refractivity contribution is -0.136. The molecule has 1 aliphatic heterocycles. The highest BCUT2D eigenvalue weighted by molar-refractivity contribution is 8.08. The van der Waals surface area contributed by atoms with Gasteiger partial charge in [-0.25, -0.2) is 0 Å². The second-order valence-corrected chi connectivity index (χ2v) is 7.55. The van der Waals surface area contributed by atoms with Crippen molar-refractivity contribution < 1.29 is 9.59 Å². The van der Waals surface area contributed by atoms with Gasteiger partial charge in [0.25, 0.3) is 11.8 Å². The summed E-state index contributed by atoms with van der Waals surface area (Å²) in [5.41, 5.74) is 0. The first-order valence-corrected chi connectivity index (χ1v) is 8.12. The third kappa shape index (κ3) is 3.32. The van der Waals surface area contributed by atoms with Crippen molar-refractivity contribution in [3.8, 4) is 0 Å². The molecule has 0 saturated heterocycles. The maximum Gasteiger partial charge on any atom is 0.268 e. The molecule has 2 amide bonds. The van der Waals surface area contributed by atoms with Crippen LogP contribution >= 0.6 is 23.5 Å². The molecule has 1 atom stereocenters. The molecule has 0 saturated carbocycles. The summed E-state index contributed by atoms with van der Waals surface area (Å²) in [6.07, 6.45) is 0.987. The molecule has 0 spiro atoms. The molecule has 18 heavy (non-hydrogen) atoms. The van der Waals surface area contributed by atoms with Gasteiger partial charge in [0.2, 0.25) is 0 Å². The molecule has 0 aromatic rings. The highest BCUT2D eigenvalue weighted by Gasteiger charge is 2.38. The van der Waals surface area contributed by atoms with Crippen molar-refractivity contribution in [2.75, 3.05) is 6.54 Å². The van der Waals surface area contributed by atoms with E-state index in [1.54, 1.807) is 0 Å². The Labute approximate surface area is 118 Å². The van der Waals surface area contributed by atoms with Gasteiger partial charge in [-0.1, -0.05) is 27.7 Å². The lowest BCUT2D eigenvalue weighted by Crippen LogP contribution is -2.31. The Kier molecular flexibility index (Phi) is 5.79. The molecule has 1 rings (SSSR count). The summed E-state index contributed by atoms with van der Waals surface area (Å²) in [7, 11) is 0. The molecule has 0 aliphatic carbocycles. The van der Waals surface area contributed by atoms with Gasteiger partial charge in [-0.2, -0.15) is 0 Å². The van der Waals surface area contributed by atoms with Crippen LogP contribution in [-0.2, 0) is 9.59 Å². The van der Waals surface area contributed by atoms with Crippen LogP contribution in [-0.4, -0.2) is 33.8 Å². The number of amides is 2. The van der Waals surface area contributed by atoms with Crippen LogP contribution in [0.25, 0.3) is 0 Å². The molecular weight excluding hydrogens is 266 g/mol. The molecule has 1 aliphatic rings. The van der Waals surface area contributed by atoms with Gasteiger partial charge in [-0.15, -0.1) is 23.5 Å². The molecule has 0 aromatic carbocycles. The fourth-order valence-corrected chi connectivity index (χ4v) is 3.69. The largest absolute Gasteiger partial charge is 0.274 e. The van der Waals surface area contributed by atoms with Crippen LogP contribution in [0.15, 0.2) is 9.81 Å². The molecule has 5 heteroatoms. The first kappa shape index (κ1) is 15.6. The quantitative estimate of drug-likeness (QED) is 0.703. The van der Waals surface area contributed by atoms with Crippen LogP contribution in [0.2, 0.25) is 0 Å². The summed E-state index contributed by atoms with van der Waals surface area (Å²) in [6, 6.07) is 0. The van der Waals surface area contributed by atoms with Gasteiger partial charge in [0.15, 0.2) is 0 Å². The maximum atomic E-state index is 12.2. The summed E-state index contributed by atoms with van der Waals surface area (Å²) in [5, 5.41) is 0.664. The minimum atomic E-state index is -0.119. The maximum absolute atomic E-state index is 12.2. The third-order valence-corrected chi connectivity index (χ3v) is 5.21. The summed E-state index contributed by atoms with van der Waals surface area (Å²) in [4.78, 5) is 27.0. The number of rotatable bonds is 6. The summed E-state index contributed by atoms with van der Waals surface area (Å²) < 4.78 is 0. The number of thioether (sulfide) groups is 2. The first-order chi connectivity index (χ1) is 8.42. The van der Waals surface area contributed by atoms with Gasteiger partial charge in [-0.05, 0) is 13.3 Å². The SMILES string of the molecule is CCC(C)SC1=C(SC(C)C)C(=O)N(CC)C1=O. The molecule has 0 N–H and O–H groups in total. The highest BCUT2D eigenvalue weighted by Crippen LogP contribution is 2.39. The van der Waals surface area contributed by atoms with Crippen molar-refractivity contribution >= 4 is 35.3 Å². The predicted octanol–water partition coefficient (Wildman–Crippen LogP) is 3.26. The number of nitrogens with zero attached hydrogens (tertiary/aromatic N) is 1. The monoisotopic (exact) mass is 287 g/mol. The first-order valence-electron chi connectivity index (χ1n) is 6.36. The van der Waals surface area contributed by atoms with Crippen molar-refractivity contribution in [2.45, 2.75) is 51.5 Å². The summed E-state index contributed by atoms with van der Waals surface area (Å²) in [5.74, 6) is -0.233. The van der Waals surface area contributed by atoms with Crippen LogP contribution in [0.1, 0.15) is 41.0 Å². The second kappa shape index (κ2) is 6.66. The number of imide groups is 1. The van der Waals surface area contributed by atoms with Crippen molar-refractivity contribution in [1.29, 1.82) is 0 Å². The molecule has 0 fully saturated rings. The van der Waals surface area contributed by atoms with Crippen LogP contribution < -0.4 is 0 Å². The minimum absolute atomic E-state index is 0.115. The van der Waals surface area contributed by atoms with Gasteiger partial charge in [0.1, 0.15) is 0 Å². The Bertz CT molecular complexity index is 377. The fraction of sp³-hybridized carbons (Fsp3) is 0.692. The van der Waals surface area contributed by atoms with E-state index < -0.39 is 0 Å². The fourth-order valence-electron chi connectivity index (χ4n) is 1.55. The van der Waals surface area contributed by atoms with Crippen molar-refractivity contribution in [3.63, 3.8) is 0 Å². The second-order valence-electron chi connectivity index (χ2n) is 4.52. The number of hydrogen-bond acceptors (Lipinski definition) is 4. The molecule has 0 radical (unpaired) electrons. The van der Waals surface area contributed by atoms with E-state index in [9.17, 15) is 9.59 Å². The number of carbonyl (C=O) groups excluding carboxylic acids is 2. The van der Waals surface area contributed by atoms with Gasteiger partial charge < -0.3 is 0 Å². The van der Waals surface area contributed by atoms with Crippen LogP contribution in [0.4, 0.5) is 0 Å². The van der Waals surface area contributed by atoms with Crippen LogP contribution in [0, 0.1) is 0 Å². The number of carbonyl (C=O) groups is 2. The molecule has 0 aromatic heterocycles. The molecule has 0 bridgehead atoms. The van der Waals surface area contributed by atoms with Gasteiger partial charge in [0.05, 0.1) is 9.81 Å². The van der Waals surface area contributed by atoms with E-state index in [4.69, 9.17) is 0 Å². The van der Waals surface area contributed by atoms with Crippen LogP contribution in [0.3, 0.4) is 0 Å². The highest BCUT2D eigenvalue weighted by atomic mass is 32.2. The van der Waals surface area contributed by atoms with Crippen LogP contribution in [0.5, 0.6) is 0 Å². The lowest BCUT2D eigenvalue weighted by Gasteiger charge is -2.12. The smallest absolute Gasteiger partial charge is 0.268 e. The lowest BCUT2D eigenvalue weighted by atomic mass is 10.4. The molecule has 3 nitrogen and oxygen atoms in total. The Morgan fingerprint density at radius 2 is 1.50 bits per heavy atom. The average Bonchev–Trinajstić information content (AvgIpc) is 2.52. The van der Waals surface area contributed by atoms with E-state index in [2.05, 4.69) is 13.8 Å². The molecular formula is C13H21NO2S2. The zero-order chi connectivity index (χ0) is 13.9. The summed E-state index contributed by atoms with van der Waals surface area (Å²) >= 11 is 3.04. The normalized spacial score (nSPS) is 18.2. The number of hydrogen-bond donors (Lipinski definition) is 0. The predicted molar refractivity (Wildman–Crippen MR) is 79.5 cm³/mol. The number of likely N-dealkylation sites (N-methyl/N-ethyl adjacent to an activating group) is 1. The van der Waals surface area contributed by atoms with Crippen molar-refractivity contribution in [1.82, 2.24) is 4.90 Å². The minimum Gasteiger partial charge on any atom is -0.274 e. The van der Waals surface area contributed by atoms with Gasteiger partial charge in [-0.3, -0.25) is 14.5 Å². The van der Waals surface area contributed by atoms with Gasteiger partial charge in [0, 0.05) is 17.0 Å². The average molecular weight is 287 g/mol. The van der Waals surface area contributed by atoms with Crippen molar-refractivity contribution in [3.05, 3.63) is 9.81 Å². The topological polar surface area (TPSA) is 37.4 Å². The Morgan fingerprint density at radius 3 is 1.89 bits per heavy atom. The zero-order valence-corrected chi connectivity index (χ0v) is 13.3. The van der Waals surface area contributed by atoms with E-state index in [0.717, 1.165) is 6.42 Å². The molecule has 102 valence electrons. The van der Waals surface area contributed by atoms with Gasteiger partial charge >= 0.3 is 0 Å². The summed E-state index contributed by atoms with van der Waals surface area (Å²) in [6.45, 7) is 10.5. The van der Waals surface area contributed by atoms with E-state index in [1.807, 2.05) is 20.8 Å². The van der Waals surface area contributed by atoms with Crippen molar-refractivity contribution in [2.24, 2.45) is 0 Å². The standard InChI is InChI=1S/C13H21NO2S2/c1-6-9(5)18-11-10(17-8(3)4)12(15)14(7-2)13(11)16/h8-9H,6-7H2,1-5H3. The van der Waals surface area contributed by atoms with E-state index in [1.165, 1.54) is 28.4 Å². The van der Waals surface area contributed by atoms with E-state index in [0.29, 0.717) is 26.9 Å². The Hall–Kier alpha value is -0.420. The van der Waals surface area contributed by atoms with E-state index >= 15 is 0 Å². The Morgan fingerprint density at radius 1 is 1.00 bits per heavy atom. The Balaban J connectivity index is 3.04. The third-order valence-electron chi connectivity index (χ3n) is 2.65. The molecule has 1 unspecified atom stereocenters. The molecule has 1 heterocycles. The zero-order valence-electron chi connectivity index (χ0n) is 11.6. The van der Waals surface area contributed by atoms with E-state index in [-0.39, 0.29) is 11.8 Å².